The molecule has 118 valence electrons. The summed E-state index contributed by atoms with van der Waals surface area (Å²) in [7, 11) is -1.49. The minimum absolute atomic E-state index is 0.0661. The van der Waals surface area contributed by atoms with Crippen molar-refractivity contribution in [3.63, 3.8) is 0 Å². The van der Waals surface area contributed by atoms with Crippen LogP contribution in [0.15, 0.2) is 18.2 Å². The van der Waals surface area contributed by atoms with E-state index in [0.29, 0.717) is 38.5 Å². The maximum absolute atomic E-state index is 9.35. The number of ether oxygens (including phenoxy) is 3. The normalized spacial score (nSPS) is 12.4. The molecule has 6 heteroatoms. The van der Waals surface area contributed by atoms with Gasteiger partial charge in [-0.25, -0.2) is 0 Å². The van der Waals surface area contributed by atoms with Gasteiger partial charge in [0.1, 0.15) is 0 Å². The molecule has 0 heterocycles. The molecule has 0 aliphatic carbocycles. The molecule has 21 heavy (non-hydrogen) atoms. The summed E-state index contributed by atoms with van der Waals surface area (Å²) in [5.74, 6) is 0. The zero-order valence-corrected chi connectivity index (χ0v) is 13.0. The second-order valence-corrected chi connectivity index (χ2v) is 4.83. The first kappa shape index (κ1) is 18.1. The smallest absolute Gasteiger partial charge is 0.423 e. The SMILES string of the molecule is CCOCc1cc(COCC(C)OCC)ccc1B(O)O. The zero-order valence-electron chi connectivity index (χ0n) is 13.0. The molecule has 0 saturated carbocycles. The molecule has 0 radical (unpaired) electrons. The van der Waals surface area contributed by atoms with Gasteiger partial charge < -0.3 is 24.3 Å². The zero-order chi connectivity index (χ0) is 15.7. The maximum Gasteiger partial charge on any atom is 0.488 e. The van der Waals surface area contributed by atoms with Crippen LogP contribution >= 0.6 is 0 Å². The van der Waals surface area contributed by atoms with Gasteiger partial charge in [0.05, 0.1) is 25.9 Å². The van der Waals surface area contributed by atoms with E-state index in [-0.39, 0.29) is 6.10 Å². The quantitative estimate of drug-likeness (QED) is 0.626. The molecule has 0 fully saturated rings. The van der Waals surface area contributed by atoms with Crippen molar-refractivity contribution in [3.8, 4) is 0 Å². The lowest BCUT2D eigenvalue weighted by atomic mass is 9.76. The maximum atomic E-state index is 9.35. The third-order valence-corrected chi connectivity index (χ3v) is 3.02. The van der Waals surface area contributed by atoms with Crippen LogP contribution in [-0.2, 0) is 27.4 Å². The molecule has 1 aromatic carbocycles. The Bertz CT molecular complexity index is 411. The van der Waals surface area contributed by atoms with E-state index < -0.39 is 7.12 Å². The molecule has 5 nitrogen and oxygen atoms in total. The summed E-state index contributed by atoms with van der Waals surface area (Å²) in [5.41, 5.74) is 2.21. The Morgan fingerprint density at radius 3 is 2.48 bits per heavy atom. The fraction of sp³-hybridized carbons (Fsp3) is 0.600. The molecule has 1 rings (SSSR count). The third kappa shape index (κ3) is 6.59. The Balaban J connectivity index is 2.62. The highest BCUT2D eigenvalue weighted by Gasteiger charge is 2.16. The van der Waals surface area contributed by atoms with Crippen molar-refractivity contribution in [1.29, 1.82) is 0 Å². The van der Waals surface area contributed by atoms with E-state index in [4.69, 9.17) is 14.2 Å². The van der Waals surface area contributed by atoms with Crippen LogP contribution in [0.1, 0.15) is 31.9 Å². The van der Waals surface area contributed by atoms with Crippen molar-refractivity contribution in [3.05, 3.63) is 29.3 Å². The van der Waals surface area contributed by atoms with Gasteiger partial charge in [0.25, 0.3) is 0 Å². The van der Waals surface area contributed by atoms with Gasteiger partial charge in [-0.1, -0.05) is 18.2 Å². The van der Waals surface area contributed by atoms with Crippen molar-refractivity contribution in [2.45, 2.75) is 40.1 Å². The highest BCUT2D eigenvalue weighted by Crippen LogP contribution is 2.08. The van der Waals surface area contributed by atoms with Crippen molar-refractivity contribution >= 4 is 12.6 Å². The monoisotopic (exact) mass is 296 g/mol. The number of hydrogen-bond acceptors (Lipinski definition) is 5. The molecule has 0 saturated heterocycles. The molecule has 1 atom stereocenters. The van der Waals surface area contributed by atoms with Gasteiger partial charge in [-0.2, -0.15) is 0 Å². The van der Waals surface area contributed by atoms with Gasteiger partial charge in [0.15, 0.2) is 0 Å². The molecule has 0 aliphatic heterocycles. The second-order valence-electron chi connectivity index (χ2n) is 4.83. The van der Waals surface area contributed by atoms with Crippen LogP contribution in [0, 0.1) is 0 Å². The van der Waals surface area contributed by atoms with E-state index in [0.717, 1.165) is 11.1 Å². The first-order valence-electron chi connectivity index (χ1n) is 7.33. The van der Waals surface area contributed by atoms with Gasteiger partial charge in [-0.15, -0.1) is 0 Å². The molecule has 1 unspecified atom stereocenters. The van der Waals surface area contributed by atoms with E-state index in [1.165, 1.54) is 0 Å². The Hall–Kier alpha value is -0.915. The van der Waals surface area contributed by atoms with Crippen LogP contribution in [0.5, 0.6) is 0 Å². The molecule has 2 N–H and O–H groups in total. The van der Waals surface area contributed by atoms with Gasteiger partial charge in [0.2, 0.25) is 0 Å². The summed E-state index contributed by atoms with van der Waals surface area (Å²) < 4.78 is 16.4. The predicted molar refractivity (Wildman–Crippen MR) is 82.3 cm³/mol. The molecule has 0 amide bonds. The highest BCUT2D eigenvalue weighted by molar-refractivity contribution is 6.59. The summed E-state index contributed by atoms with van der Waals surface area (Å²) in [5, 5.41) is 18.7. The summed E-state index contributed by atoms with van der Waals surface area (Å²) in [4.78, 5) is 0. The van der Waals surface area contributed by atoms with Crippen molar-refractivity contribution < 1.29 is 24.3 Å². The van der Waals surface area contributed by atoms with Crippen LogP contribution < -0.4 is 5.46 Å². The first-order valence-corrected chi connectivity index (χ1v) is 7.33. The van der Waals surface area contributed by atoms with Crippen LogP contribution in [0.3, 0.4) is 0 Å². The Morgan fingerprint density at radius 2 is 1.86 bits per heavy atom. The van der Waals surface area contributed by atoms with Gasteiger partial charge in [-0.05, 0) is 37.4 Å². The van der Waals surface area contributed by atoms with Crippen molar-refractivity contribution in [2.24, 2.45) is 0 Å². The van der Waals surface area contributed by atoms with Crippen molar-refractivity contribution in [1.82, 2.24) is 0 Å². The number of hydrogen-bond donors (Lipinski definition) is 2. The fourth-order valence-electron chi connectivity index (χ4n) is 2.01. The van der Waals surface area contributed by atoms with Gasteiger partial charge in [-0.3, -0.25) is 0 Å². The predicted octanol–water partition coefficient (Wildman–Crippen LogP) is 0.844. The summed E-state index contributed by atoms with van der Waals surface area (Å²) in [6, 6.07) is 5.41. The first-order chi connectivity index (χ1) is 10.1. The topological polar surface area (TPSA) is 68.2 Å². The van der Waals surface area contributed by atoms with Gasteiger partial charge >= 0.3 is 7.12 Å². The van der Waals surface area contributed by atoms with Crippen LogP contribution in [0.4, 0.5) is 0 Å². The average Bonchev–Trinajstić information content (AvgIpc) is 2.45. The average molecular weight is 296 g/mol. The Labute approximate surface area is 127 Å². The minimum Gasteiger partial charge on any atom is -0.423 e. The van der Waals surface area contributed by atoms with E-state index in [1.807, 2.05) is 32.9 Å². The molecule has 0 aliphatic rings. The summed E-state index contributed by atoms with van der Waals surface area (Å²) in [6.45, 7) is 8.41. The molecule has 0 spiro atoms. The Kier molecular flexibility index (Phi) is 8.57. The van der Waals surface area contributed by atoms with Crippen LogP contribution in [0.25, 0.3) is 0 Å². The standard InChI is InChI=1S/C15H25BO5/c1-4-19-11-14-8-13(6-7-15(14)16(17)18)10-20-9-12(3)21-5-2/h6-8,12,17-18H,4-5,9-11H2,1-3H3. The summed E-state index contributed by atoms with van der Waals surface area (Å²) in [6.07, 6.45) is 0.0661. The Morgan fingerprint density at radius 1 is 1.10 bits per heavy atom. The number of benzene rings is 1. The lowest BCUT2D eigenvalue weighted by molar-refractivity contribution is -0.00716. The lowest BCUT2D eigenvalue weighted by Gasteiger charge is -2.14. The highest BCUT2D eigenvalue weighted by atomic mass is 16.5. The number of rotatable bonds is 10. The lowest BCUT2D eigenvalue weighted by Crippen LogP contribution is -2.33. The van der Waals surface area contributed by atoms with Crippen molar-refractivity contribution in [2.75, 3.05) is 19.8 Å². The summed E-state index contributed by atoms with van der Waals surface area (Å²) >= 11 is 0. The van der Waals surface area contributed by atoms with E-state index >= 15 is 0 Å². The van der Waals surface area contributed by atoms with Gasteiger partial charge in [0, 0.05) is 13.2 Å². The fourth-order valence-corrected chi connectivity index (χ4v) is 2.01. The van der Waals surface area contributed by atoms with E-state index in [2.05, 4.69) is 0 Å². The molecule has 1 aromatic rings. The second kappa shape index (κ2) is 9.92. The van der Waals surface area contributed by atoms with E-state index in [1.54, 1.807) is 6.07 Å². The molecular formula is C15H25BO5. The largest absolute Gasteiger partial charge is 0.488 e. The van der Waals surface area contributed by atoms with E-state index in [9.17, 15) is 10.0 Å². The molecule has 0 aromatic heterocycles. The van der Waals surface area contributed by atoms with Crippen LogP contribution in [-0.4, -0.2) is 43.1 Å². The molecular weight excluding hydrogens is 271 g/mol. The minimum atomic E-state index is -1.49. The third-order valence-electron chi connectivity index (χ3n) is 3.02. The molecule has 0 bridgehead atoms. The van der Waals surface area contributed by atoms with Crippen LogP contribution in [0.2, 0.25) is 0 Å².